The summed E-state index contributed by atoms with van der Waals surface area (Å²) in [6, 6.07) is 4.63. The van der Waals surface area contributed by atoms with Gasteiger partial charge in [-0.3, -0.25) is 0 Å². The molecule has 1 aromatic heterocycles. The molecule has 0 amide bonds. The first-order valence-electron chi connectivity index (χ1n) is 4.99. The Morgan fingerprint density at radius 3 is 2.78 bits per heavy atom. The van der Waals surface area contributed by atoms with Crippen LogP contribution < -0.4 is 11.1 Å². The fraction of sp³-hybridized carbons (Fsp3) is 0.0909. The SMILES string of the molecule is Cc1nc(Cl)nc(Nc2c(F)cccc2Br)c1N. The number of rotatable bonds is 2. The van der Waals surface area contributed by atoms with Crippen LogP contribution in [0.5, 0.6) is 0 Å². The lowest BCUT2D eigenvalue weighted by molar-refractivity contribution is 0.631. The lowest BCUT2D eigenvalue weighted by Gasteiger charge is -2.12. The molecule has 2 aromatic rings. The molecule has 0 aliphatic heterocycles. The number of benzene rings is 1. The second kappa shape index (κ2) is 5.07. The van der Waals surface area contributed by atoms with E-state index in [1.807, 2.05) is 0 Å². The van der Waals surface area contributed by atoms with Crippen LogP contribution in [0.2, 0.25) is 5.28 Å². The van der Waals surface area contributed by atoms with E-state index in [0.29, 0.717) is 15.9 Å². The highest BCUT2D eigenvalue weighted by Gasteiger charge is 2.12. The zero-order valence-corrected chi connectivity index (χ0v) is 11.7. The number of nitrogens with one attached hydrogen (secondary N) is 1. The quantitative estimate of drug-likeness (QED) is 0.824. The number of aryl methyl sites for hydroxylation is 1. The maximum absolute atomic E-state index is 13.7. The van der Waals surface area contributed by atoms with Gasteiger partial charge in [-0.25, -0.2) is 9.37 Å². The lowest BCUT2D eigenvalue weighted by Crippen LogP contribution is -2.05. The van der Waals surface area contributed by atoms with E-state index in [0.717, 1.165) is 0 Å². The number of nitrogen functional groups attached to an aromatic ring is 1. The van der Waals surface area contributed by atoms with E-state index >= 15 is 0 Å². The van der Waals surface area contributed by atoms with Gasteiger partial charge in [0, 0.05) is 4.47 Å². The molecule has 0 spiro atoms. The van der Waals surface area contributed by atoms with Gasteiger partial charge in [-0.15, -0.1) is 0 Å². The van der Waals surface area contributed by atoms with Crippen LogP contribution in [0.1, 0.15) is 5.69 Å². The minimum absolute atomic E-state index is 0.0525. The Kier molecular flexibility index (Phi) is 3.68. The van der Waals surface area contributed by atoms with Crippen LogP contribution in [-0.4, -0.2) is 9.97 Å². The minimum atomic E-state index is -0.420. The van der Waals surface area contributed by atoms with Crippen molar-refractivity contribution in [3.63, 3.8) is 0 Å². The third kappa shape index (κ3) is 2.54. The Labute approximate surface area is 117 Å². The van der Waals surface area contributed by atoms with E-state index in [2.05, 4.69) is 31.2 Å². The molecule has 94 valence electrons. The van der Waals surface area contributed by atoms with Crippen LogP contribution in [0.3, 0.4) is 0 Å². The van der Waals surface area contributed by atoms with Crippen LogP contribution in [0, 0.1) is 12.7 Å². The number of nitrogens with two attached hydrogens (primary N) is 1. The molecular formula is C11H9BrClFN4. The number of aromatic nitrogens is 2. The predicted octanol–water partition coefficient (Wildman–Crippen LogP) is 3.67. The molecule has 0 unspecified atom stereocenters. The molecular weight excluding hydrogens is 323 g/mol. The molecule has 0 saturated carbocycles. The number of hydrogen-bond acceptors (Lipinski definition) is 4. The number of para-hydroxylation sites is 1. The average molecular weight is 332 g/mol. The normalized spacial score (nSPS) is 10.4. The van der Waals surface area contributed by atoms with Gasteiger partial charge in [0.05, 0.1) is 17.1 Å². The van der Waals surface area contributed by atoms with Gasteiger partial charge in [-0.05, 0) is 46.6 Å². The summed E-state index contributed by atoms with van der Waals surface area (Å²) >= 11 is 8.99. The highest BCUT2D eigenvalue weighted by molar-refractivity contribution is 9.10. The number of hydrogen-bond donors (Lipinski definition) is 2. The number of anilines is 3. The predicted molar refractivity (Wildman–Crippen MR) is 73.6 cm³/mol. The summed E-state index contributed by atoms with van der Waals surface area (Å²) in [7, 11) is 0. The van der Waals surface area contributed by atoms with Gasteiger partial charge in [0.2, 0.25) is 5.28 Å². The van der Waals surface area contributed by atoms with E-state index in [-0.39, 0.29) is 16.8 Å². The third-order valence-corrected chi connectivity index (χ3v) is 3.14. The first-order valence-corrected chi connectivity index (χ1v) is 6.17. The van der Waals surface area contributed by atoms with Crippen molar-refractivity contribution in [3.8, 4) is 0 Å². The lowest BCUT2D eigenvalue weighted by atomic mass is 10.3. The molecule has 0 saturated heterocycles. The van der Waals surface area contributed by atoms with Gasteiger partial charge in [0.25, 0.3) is 0 Å². The fourth-order valence-corrected chi connectivity index (χ4v) is 2.03. The van der Waals surface area contributed by atoms with Crippen molar-refractivity contribution in [2.75, 3.05) is 11.1 Å². The Balaban J connectivity index is 2.46. The highest BCUT2D eigenvalue weighted by atomic mass is 79.9. The fourth-order valence-electron chi connectivity index (χ4n) is 1.38. The molecule has 0 radical (unpaired) electrons. The summed E-state index contributed by atoms with van der Waals surface area (Å²) in [6.45, 7) is 1.70. The van der Waals surface area contributed by atoms with Crippen molar-refractivity contribution in [1.29, 1.82) is 0 Å². The Morgan fingerprint density at radius 2 is 2.11 bits per heavy atom. The monoisotopic (exact) mass is 330 g/mol. The molecule has 1 heterocycles. The van der Waals surface area contributed by atoms with Crippen LogP contribution in [0.4, 0.5) is 21.6 Å². The second-order valence-electron chi connectivity index (χ2n) is 3.56. The molecule has 0 aliphatic carbocycles. The zero-order chi connectivity index (χ0) is 13.3. The molecule has 0 bridgehead atoms. The first-order chi connectivity index (χ1) is 8.49. The van der Waals surface area contributed by atoms with Crippen LogP contribution in [0.25, 0.3) is 0 Å². The van der Waals surface area contributed by atoms with E-state index in [4.69, 9.17) is 17.3 Å². The van der Waals surface area contributed by atoms with Crippen molar-refractivity contribution in [2.24, 2.45) is 0 Å². The van der Waals surface area contributed by atoms with E-state index in [1.165, 1.54) is 6.07 Å². The highest BCUT2D eigenvalue weighted by Crippen LogP contribution is 2.31. The molecule has 3 N–H and O–H groups in total. The zero-order valence-electron chi connectivity index (χ0n) is 9.34. The molecule has 0 aliphatic rings. The minimum Gasteiger partial charge on any atom is -0.394 e. The molecule has 7 heteroatoms. The largest absolute Gasteiger partial charge is 0.394 e. The number of nitrogens with zero attached hydrogens (tertiary/aromatic N) is 2. The standard InChI is InChI=1S/C11H9BrClFN4/c1-5-8(15)10(18-11(13)16-5)17-9-6(12)3-2-4-7(9)14/h2-4H,15H2,1H3,(H,16,17,18). The maximum atomic E-state index is 13.7. The average Bonchev–Trinajstić information content (AvgIpc) is 2.30. The summed E-state index contributed by atoms with van der Waals surface area (Å²) in [5.74, 6) is -0.144. The summed E-state index contributed by atoms with van der Waals surface area (Å²) in [4.78, 5) is 7.85. The van der Waals surface area contributed by atoms with E-state index in [1.54, 1.807) is 19.1 Å². The Bertz CT molecular complexity index is 586. The van der Waals surface area contributed by atoms with Crippen molar-refractivity contribution in [1.82, 2.24) is 9.97 Å². The Hall–Kier alpha value is -1.40. The molecule has 18 heavy (non-hydrogen) atoms. The van der Waals surface area contributed by atoms with Crippen molar-refractivity contribution >= 4 is 44.7 Å². The van der Waals surface area contributed by atoms with Gasteiger partial charge in [-0.1, -0.05) is 6.07 Å². The van der Waals surface area contributed by atoms with Crippen LogP contribution in [-0.2, 0) is 0 Å². The summed E-state index contributed by atoms with van der Waals surface area (Å²) in [5.41, 5.74) is 6.92. The van der Waals surface area contributed by atoms with Gasteiger partial charge in [0.15, 0.2) is 5.82 Å². The second-order valence-corrected chi connectivity index (χ2v) is 4.75. The molecule has 4 nitrogen and oxygen atoms in total. The summed E-state index contributed by atoms with van der Waals surface area (Å²) < 4.78 is 14.2. The van der Waals surface area contributed by atoms with Crippen molar-refractivity contribution in [3.05, 3.63) is 39.5 Å². The Morgan fingerprint density at radius 1 is 1.39 bits per heavy atom. The molecule has 0 atom stereocenters. The van der Waals surface area contributed by atoms with Gasteiger partial charge in [-0.2, -0.15) is 4.98 Å². The van der Waals surface area contributed by atoms with Crippen molar-refractivity contribution < 1.29 is 4.39 Å². The van der Waals surface area contributed by atoms with Crippen molar-refractivity contribution in [2.45, 2.75) is 6.92 Å². The molecule has 0 fully saturated rings. The summed E-state index contributed by atoms with van der Waals surface area (Å²) in [5, 5.41) is 2.86. The van der Waals surface area contributed by atoms with E-state index < -0.39 is 5.82 Å². The van der Waals surface area contributed by atoms with Gasteiger partial charge < -0.3 is 11.1 Å². The van der Waals surface area contributed by atoms with Gasteiger partial charge >= 0.3 is 0 Å². The number of halogens is 3. The smallest absolute Gasteiger partial charge is 0.224 e. The summed E-state index contributed by atoms with van der Waals surface area (Å²) in [6.07, 6.45) is 0. The molecule has 2 rings (SSSR count). The topological polar surface area (TPSA) is 63.8 Å². The third-order valence-electron chi connectivity index (χ3n) is 2.32. The van der Waals surface area contributed by atoms with E-state index in [9.17, 15) is 4.39 Å². The maximum Gasteiger partial charge on any atom is 0.224 e. The molecule has 1 aromatic carbocycles. The van der Waals surface area contributed by atoms with Crippen LogP contribution >= 0.6 is 27.5 Å². The van der Waals surface area contributed by atoms with Crippen LogP contribution in [0.15, 0.2) is 22.7 Å². The first kappa shape index (κ1) is 13.0. The van der Waals surface area contributed by atoms with Gasteiger partial charge in [0.1, 0.15) is 5.82 Å².